The topological polar surface area (TPSA) is 76.2 Å². The Kier molecular flexibility index (Phi) is 9.72. The minimum Gasteiger partial charge on any atom is -0.465 e. The molecule has 0 N–H and O–H groups in total. The highest BCUT2D eigenvalue weighted by molar-refractivity contribution is 7.15. The van der Waals surface area contributed by atoms with Crippen molar-refractivity contribution in [3.63, 3.8) is 0 Å². The third kappa shape index (κ3) is 7.07. The molecule has 1 atom stereocenters. The normalized spacial score (nSPS) is 18.9. The molecule has 34 heavy (non-hydrogen) atoms. The van der Waals surface area contributed by atoms with Crippen LogP contribution in [0.5, 0.6) is 0 Å². The number of anilines is 1. The summed E-state index contributed by atoms with van der Waals surface area (Å²) in [6.45, 7) is 8.20. The lowest BCUT2D eigenvalue weighted by Gasteiger charge is -2.36. The second-order valence-corrected chi connectivity index (χ2v) is 11.2. The first-order valence-corrected chi connectivity index (χ1v) is 12.5. The molecule has 0 saturated heterocycles. The SMILES string of the molecule is COCC(C(=O)N(C)C)N(C(=O)C1CCC(C)CC1)c1cc(C#CC(C)(C)C)sc1C(=O)OC. The lowest BCUT2D eigenvalue weighted by Crippen LogP contribution is -2.54. The molecule has 0 bridgehead atoms. The minimum atomic E-state index is -0.909. The molecular weight excluding hydrogens is 452 g/mol. The Hall–Kier alpha value is -2.37. The van der Waals surface area contributed by atoms with E-state index in [-0.39, 0.29) is 34.6 Å². The summed E-state index contributed by atoms with van der Waals surface area (Å²) in [5, 5.41) is 0. The first-order valence-electron chi connectivity index (χ1n) is 11.7. The van der Waals surface area contributed by atoms with Gasteiger partial charge in [0.15, 0.2) is 0 Å². The molecule has 8 heteroatoms. The highest BCUT2D eigenvalue weighted by Crippen LogP contribution is 2.37. The second-order valence-electron chi connectivity index (χ2n) is 10.2. The molecule has 1 unspecified atom stereocenters. The molecule has 1 aliphatic carbocycles. The fraction of sp³-hybridized carbons (Fsp3) is 0.654. The summed E-state index contributed by atoms with van der Waals surface area (Å²) < 4.78 is 10.4. The van der Waals surface area contributed by atoms with Crippen molar-refractivity contribution in [2.45, 2.75) is 59.4 Å². The Bertz CT molecular complexity index is 943. The van der Waals surface area contributed by atoms with E-state index in [9.17, 15) is 14.4 Å². The highest BCUT2D eigenvalue weighted by Gasteiger charge is 2.39. The van der Waals surface area contributed by atoms with E-state index < -0.39 is 12.0 Å². The van der Waals surface area contributed by atoms with Crippen molar-refractivity contribution < 1.29 is 23.9 Å². The molecule has 2 amide bonds. The van der Waals surface area contributed by atoms with Crippen LogP contribution in [-0.4, -0.2) is 63.6 Å². The van der Waals surface area contributed by atoms with Crippen molar-refractivity contribution in [1.82, 2.24) is 4.90 Å². The summed E-state index contributed by atoms with van der Waals surface area (Å²) >= 11 is 1.17. The van der Waals surface area contributed by atoms with Gasteiger partial charge in [0, 0.05) is 32.5 Å². The molecule has 1 aromatic heterocycles. The van der Waals surface area contributed by atoms with Crippen molar-refractivity contribution in [2.24, 2.45) is 17.3 Å². The molecule has 0 aromatic carbocycles. The van der Waals surface area contributed by atoms with Crippen LogP contribution in [0.3, 0.4) is 0 Å². The Morgan fingerprint density at radius 1 is 1.15 bits per heavy atom. The van der Waals surface area contributed by atoms with E-state index in [1.807, 2.05) is 20.8 Å². The van der Waals surface area contributed by atoms with Crippen LogP contribution in [0.25, 0.3) is 0 Å². The van der Waals surface area contributed by atoms with E-state index >= 15 is 0 Å². The monoisotopic (exact) mass is 490 g/mol. The van der Waals surface area contributed by atoms with Crippen LogP contribution in [0.15, 0.2) is 6.07 Å². The van der Waals surface area contributed by atoms with Crippen molar-refractivity contribution in [1.29, 1.82) is 0 Å². The Balaban J connectivity index is 2.67. The molecule has 2 rings (SSSR count). The third-order valence-corrected chi connectivity index (χ3v) is 6.89. The molecule has 1 saturated carbocycles. The number of methoxy groups -OCH3 is 2. The zero-order chi connectivity index (χ0) is 25.6. The number of rotatable bonds is 7. The molecule has 1 fully saturated rings. The summed E-state index contributed by atoms with van der Waals surface area (Å²) in [6.07, 6.45) is 3.41. The van der Waals surface area contributed by atoms with Gasteiger partial charge in [-0.15, -0.1) is 11.3 Å². The molecule has 1 heterocycles. The molecule has 1 aliphatic rings. The number of esters is 1. The van der Waals surface area contributed by atoms with Crippen LogP contribution in [0, 0.1) is 29.1 Å². The van der Waals surface area contributed by atoms with Crippen molar-refractivity contribution in [3.8, 4) is 11.8 Å². The van der Waals surface area contributed by atoms with Gasteiger partial charge in [-0.2, -0.15) is 0 Å². The zero-order valence-electron chi connectivity index (χ0n) is 21.7. The summed E-state index contributed by atoms with van der Waals surface area (Å²) in [4.78, 5) is 43.7. The predicted molar refractivity (Wildman–Crippen MR) is 135 cm³/mol. The Morgan fingerprint density at radius 2 is 1.76 bits per heavy atom. The maximum atomic E-state index is 14.0. The van der Waals surface area contributed by atoms with Gasteiger partial charge in [0.2, 0.25) is 11.8 Å². The fourth-order valence-electron chi connectivity index (χ4n) is 3.97. The first-order chi connectivity index (χ1) is 15.9. The number of nitrogens with zero attached hydrogens (tertiary/aromatic N) is 2. The van der Waals surface area contributed by atoms with E-state index in [4.69, 9.17) is 9.47 Å². The van der Waals surface area contributed by atoms with Gasteiger partial charge in [-0.05, 0) is 58.4 Å². The highest BCUT2D eigenvalue weighted by atomic mass is 32.1. The molecule has 1 aromatic rings. The van der Waals surface area contributed by atoms with Crippen LogP contribution in [-0.2, 0) is 19.1 Å². The lowest BCUT2D eigenvalue weighted by molar-refractivity contribution is -0.134. The quantitative estimate of drug-likeness (QED) is 0.423. The number of carbonyl (C=O) groups excluding carboxylic acids is 3. The predicted octanol–water partition coefficient (Wildman–Crippen LogP) is 4.19. The largest absolute Gasteiger partial charge is 0.465 e. The molecule has 0 spiro atoms. The van der Waals surface area contributed by atoms with Crippen LogP contribution in [0.1, 0.15) is 67.9 Å². The number of likely N-dealkylation sites (N-methyl/N-ethyl adjacent to an activating group) is 1. The van der Waals surface area contributed by atoms with Gasteiger partial charge in [0.1, 0.15) is 10.9 Å². The Labute approximate surface area is 207 Å². The van der Waals surface area contributed by atoms with Crippen molar-refractivity contribution in [2.75, 3.05) is 39.8 Å². The van der Waals surface area contributed by atoms with Crippen LogP contribution in [0.2, 0.25) is 0 Å². The standard InChI is InChI=1S/C26H38N2O5S/c1-17-9-11-18(12-10-17)23(29)28(21(16-32-7)24(30)27(5)6)20-15-19(13-14-26(2,3)4)34-22(20)25(31)33-8/h15,17-18,21H,9-12,16H2,1-8H3. The van der Waals surface area contributed by atoms with Gasteiger partial charge in [0.05, 0.1) is 24.3 Å². The summed E-state index contributed by atoms with van der Waals surface area (Å²) in [6, 6.07) is 0.818. The van der Waals surface area contributed by atoms with E-state index in [2.05, 4.69) is 18.8 Å². The maximum absolute atomic E-state index is 14.0. The van der Waals surface area contributed by atoms with Crippen LogP contribution >= 0.6 is 11.3 Å². The molecular formula is C26H38N2O5S. The van der Waals surface area contributed by atoms with Crippen molar-refractivity contribution in [3.05, 3.63) is 15.8 Å². The fourth-order valence-corrected chi connectivity index (χ4v) is 4.89. The maximum Gasteiger partial charge on any atom is 0.350 e. The number of hydrogen-bond acceptors (Lipinski definition) is 6. The molecule has 0 radical (unpaired) electrons. The van der Waals surface area contributed by atoms with Crippen molar-refractivity contribution >= 4 is 34.8 Å². The number of carbonyl (C=O) groups is 3. The Morgan fingerprint density at radius 3 is 2.26 bits per heavy atom. The van der Waals surface area contributed by atoms with Gasteiger partial charge in [-0.25, -0.2) is 4.79 Å². The average Bonchev–Trinajstić information content (AvgIpc) is 3.20. The minimum absolute atomic E-state index is 0.00530. The number of amides is 2. The van der Waals surface area contributed by atoms with E-state index in [0.29, 0.717) is 16.5 Å². The summed E-state index contributed by atoms with van der Waals surface area (Å²) in [7, 11) is 6.09. The van der Waals surface area contributed by atoms with Gasteiger partial charge in [-0.3, -0.25) is 14.5 Å². The third-order valence-electron chi connectivity index (χ3n) is 5.87. The number of hydrogen-bond donors (Lipinski definition) is 0. The lowest BCUT2D eigenvalue weighted by atomic mass is 9.82. The second kappa shape index (κ2) is 11.9. The number of ether oxygens (including phenoxy) is 2. The van der Waals surface area contributed by atoms with Gasteiger partial charge in [0.25, 0.3) is 0 Å². The van der Waals surface area contributed by atoms with Crippen LogP contribution in [0.4, 0.5) is 5.69 Å². The number of thiophene rings is 1. The van der Waals surface area contributed by atoms with E-state index in [1.54, 1.807) is 20.2 Å². The zero-order valence-corrected chi connectivity index (χ0v) is 22.5. The molecule has 7 nitrogen and oxygen atoms in total. The van der Waals surface area contributed by atoms with Gasteiger partial charge >= 0.3 is 5.97 Å². The van der Waals surface area contributed by atoms with Gasteiger partial charge in [-0.1, -0.05) is 18.8 Å². The molecule has 0 aliphatic heterocycles. The van der Waals surface area contributed by atoms with E-state index in [1.165, 1.54) is 35.4 Å². The van der Waals surface area contributed by atoms with Crippen LogP contribution < -0.4 is 4.90 Å². The molecule has 188 valence electrons. The summed E-state index contributed by atoms with van der Waals surface area (Å²) in [5.74, 6) is 5.64. The smallest absolute Gasteiger partial charge is 0.350 e. The average molecular weight is 491 g/mol. The van der Waals surface area contributed by atoms with E-state index in [0.717, 1.165) is 25.7 Å². The van der Waals surface area contributed by atoms with Gasteiger partial charge < -0.3 is 14.4 Å². The first kappa shape index (κ1) is 27.9. The summed E-state index contributed by atoms with van der Waals surface area (Å²) in [5.41, 5.74) is 0.125.